The molecule has 0 aliphatic rings. The Morgan fingerprint density at radius 3 is 2.58 bits per heavy atom. The molecular formula is C25H30F2N2O4. The molecule has 1 unspecified atom stereocenters. The second-order valence-electron chi connectivity index (χ2n) is 8.05. The molecule has 0 radical (unpaired) electrons. The normalized spacial score (nSPS) is 12.8. The molecular weight excluding hydrogens is 430 g/mol. The average molecular weight is 461 g/mol. The predicted molar refractivity (Wildman–Crippen MR) is 124 cm³/mol. The highest BCUT2D eigenvalue weighted by Gasteiger charge is 2.31. The van der Waals surface area contributed by atoms with Gasteiger partial charge in [-0.05, 0) is 31.5 Å². The Kier molecular flexibility index (Phi) is 8.94. The smallest absolute Gasteiger partial charge is 0.296 e. The third-order valence-electron chi connectivity index (χ3n) is 5.45. The van der Waals surface area contributed by atoms with Gasteiger partial charge in [-0.15, -0.1) is 0 Å². The van der Waals surface area contributed by atoms with Crippen molar-refractivity contribution in [2.75, 3.05) is 26.3 Å². The van der Waals surface area contributed by atoms with Crippen LogP contribution in [0.1, 0.15) is 42.9 Å². The van der Waals surface area contributed by atoms with Gasteiger partial charge in [0.25, 0.3) is 11.5 Å². The van der Waals surface area contributed by atoms with Crippen LogP contribution in [0, 0.1) is 0 Å². The van der Waals surface area contributed by atoms with Gasteiger partial charge in [0.15, 0.2) is 0 Å². The number of aliphatic hydroxyl groups excluding tert-OH is 1. The van der Waals surface area contributed by atoms with Crippen molar-refractivity contribution in [2.24, 2.45) is 0 Å². The summed E-state index contributed by atoms with van der Waals surface area (Å²) in [6, 6.07) is 14.2. The Morgan fingerprint density at radius 2 is 1.79 bits per heavy atom. The molecule has 0 bridgehead atoms. The number of aliphatic hydroxyl groups is 1. The largest absolute Gasteiger partial charge is 0.506 e. The SMILES string of the molecule is O=c1[nH]c2c(O)cccc2cc1C(O)CNCCCCCCOCC(F)(F)c1ccccc1. The van der Waals surface area contributed by atoms with Gasteiger partial charge in [-0.3, -0.25) is 4.79 Å². The Bertz CT molecular complexity index is 1070. The summed E-state index contributed by atoms with van der Waals surface area (Å²) in [7, 11) is 0. The minimum atomic E-state index is -2.99. The summed E-state index contributed by atoms with van der Waals surface area (Å²) in [6.07, 6.45) is 2.34. The van der Waals surface area contributed by atoms with Crippen LogP contribution in [0.5, 0.6) is 5.75 Å². The predicted octanol–water partition coefficient (Wildman–Crippen LogP) is 4.23. The molecule has 178 valence electrons. The molecule has 0 saturated heterocycles. The Balaban J connectivity index is 1.28. The number of para-hydroxylation sites is 1. The van der Waals surface area contributed by atoms with E-state index in [1.807, 2.05) is 0 Å². The van der Waals surface area contributed by atoms with Gasteiger partial charge in [-0.25, -0.2) is 0 Å². The van der Waals surface area contributed by atoms with E-state index < -0.39 is 24.2 Å². The van der Waals surface area contributed by atoms with Crippen LogP contribution in [0.3, 0.4) is 0 Å². The van der Waals surface area contributed by atoms with Gasteiger partial charge in [0.05, 0.1) is 11.6 Å². The maximum Gasteiger partial charge on any atom is 0.296 e. The molecule has 33 heavy (non-hydrogen) atoms. The molecule has 0 aliphatic carbocycles. The molecule has 0 aliphatic heterocycles. The number of nitrogens with one attached hydrogen (secondary N) is 2. The number of phenolic OH excluding ortho intramolecular Hbond substituents is 1. The van der Waals surface area contributed by atoms with E-state index in [-0.39, 0.29) is 30.0 Å². The second-order valence-corrected chi connectivity index (χ2v) is 8.05. The molecule has 0 spiro atoms. The second kappa shape index (κ2) is 11.9. The summed E-state index contributed by atoms with van der Waals surface area (Å²) >= 11 is 0. The van der Waals surface area contributed by atoms with Gasteiger partial charge in [0.2, 0.25) is 0 Å². The molecule has 1 atom stereocenters. The first kappa shape index (κ1) is 24.8. The number of halogens is 2. The number of hydrogen-bond donors (Lipinski definition) is 4. The average Bonchev–Trinajstić information content (AvgIpc) is 2.81. The highest BCUT2D eigenvalue weighted by Crippen LogP contribution is 2.28. The van der Waals surface area contributed by atoms with Crippen molar-refractivity contribution in [3.05, 3.63) is 76.1 Å². The van der Waals surface area contributed by atoms with E-state index in [0.29, 0.717) is 23.9 Å². The number of phenols is 1. The molecule has 8 heteroatoms. The molecule has 3 rings (SSSR count). The number of H-pyrrole nitrogens is 1. The lowest BCUT2D eigenvalue weighted by molar-refractivity contribution is -0.0831. The fourth-order valence-electron chi connectivity index (χ4n) is 3.60. The van der Waals surface area contributed by atoms with E-state index in [1.165, 1.54) is 18.2 Å². The zero-order valence-corrected chi connectivity index (χ0v) is 18.4. The third kappa shape index (κ3) is 7.08. The van der Waals surface area contributed by atoms with Crippen LogP contribution in [0.2, 0.25) is 0 Å². The first-order valence-electron chi connectivity index (χ1n) is 11.1. The van der Waals surface area contributed by atoms with Crippen molar-refractivity contribution in [3.8, 4) is 5.75 Å². The quantitative estimate of drug-likeness (QED) is 0.287. The number of ether oxygens (including phenoxy) is 1. The maximum atomic E-state index is 14.0. The molecule has 2 aromatic carbocycles. The Hall–Kier alpha value is -2.81. The molecule has 1 heterocycles. The number of aromatic nitrogens is 1. The van der Waals surface area contributed by atoms with Crippen LogP contribution < -0.4 is 10.9 Å². The van der Waals surface area contributed by atoms with E-state index in [4.69, 9.17) is 4.74 Å². The number of fused-ring (bicyclic) bond motifs is 1. The number of aromatic amines is 1. The fraction of sp³-hybridized carbons (Fsp3) is 0.400. The summed E-state index contributed by atoms with van der Waals surface area (Å²) in [5, 5.41) is 23.9. The minimum Gasteiger partial charge on any atom is -0.506 e. The van der Waals surface area contributed by atoms with E-state index in [1.54, 1.807) is 36.4 Å². The zero-order chi connectivity index (χ0) is 23.7. The summed E-state index contributed by atoms with van der Waals surface area (Å²) in [5.74, 6) is -3.00. The highest BCUT2D eigenvalue weighted by molar-refractivity contribution is 5.84. The summed E-state index contributed by atoms with van der Waals surface area (Å²) in [5.41, 5.74) is 0.113. The zero-order valence-electron chi connectivity index (χ0n) is 18.4. The van der Waals surface area contributed by atoms with Crippen molar-refractivity contribution >= 4 is 10.9 Å². The van der Waals surface area contributed by atoms with E-state index in [9.17, 15) is 23.8 Å². The topological polar surface area (TPSA) is 94.6 Å². The fourth-order valence-corrected chi connectivity index (χ4v) is 3.60. The number of benzene rings is 2. The minimum absolute atomic E-state index is 0.0147. The van der Waals surface area contributed by atoms with Crippen LogP contribution in [0.4, 0.5) is 8.78 Å². The van der Waals surface area contributed by atoms with Crippen LogP contribution in [0.15, 0.2) is 59.4 Å². The molecule has 6 nitrogen and oxygen atoms in total. The maximum absolute atomic E-state index is 14.0. The van der Waals surface area contributed by atoms with Gasteiger partial charge < -0.3 is 25.3 Å². The molecule has 0 fully saturated rings. The van der Waals surface area contributed by atoms with Crippen molar-refractivity contribution in [2.45, 2.75) is 37.7 Å². The Morgan fingerprint density at radius 1 is 1.03 bits per heavy atom. The third-order valence-corrected chi connectivity index (χ3v) is 5.45. The molecule has 3 aromatic rings. The monoisotopic (exact) mass is 460 g/mol. The van der Waals surface area contributed by atoms with Crippen LogP contribution in [-0.2, 0) is 10.7 Å². The highest BCUT2D eigenvalue weighted by atomic mass is 19.3. The number of alkyl halides is 2. The van der Waals surface area contributed by atoms with E-state index in [0.717, 1.165) is 19.3 Å². The molecule has 1 aromatic heterocycles. The van der Waals surface area contributed by atoms with Gasteiger partial charge in [0.1, 0.15) is 12.4 Å². The number of pyridine rings is 1. The molecule has 0 saturated carbocycles. The van der Waals surface area contributed by atoms with Crippen LogP contribution in [0.25, 0.3) is 10.9 Å². The number of unbranched alkanes of at least 4 members (excludes halogenated alkanes) is 3. The number of hydrogen-bond acceptors (Lipinski definition) is 5. The van der Waals surface area contributed by atoms with Crippen molar-refractivity contribution in [1.82, 2.24) is 10.3 Å². The van der Waals surface area contributed by atoms with E-state index >= 15 is 0 Å². The van der Waals surface area contributed by atoms with E-state index in [2.05, 4.69) is 10.3 Å². The summed E-state index contributed by atoms with van der Waals surface area (Å²) in [6.45, 7) is 0.556. The lowest BCUT2D eigenvalue weighted by Gasteiger charge is -2.16. The summed E-state index contributed by atoms with van der Waals surface area (Å²) in [4.78, 5) is 14.8. The van der Waals surface area contributed by atoms with Gasteiger partial charge in [0, 0.05) is 29.7 Å². The van der Waals surface area contributed by atoms with Crippen LogP contribution in [-0.4, -0.2) is 41.5 Å². The van der Waals surface area contributed by atoms with Crippen molar-refractivity contribution < 1.29 is 23.7 Å². The standard InChI is InChI=1S/C25H30F2N2O4/c26-25(27,19-10-4-3-5-11-19)17-33-14-7-2-1-6-13-28-16-22(31)20-15-18-9-8-12-21(30)23(18)29-24(20)32/h3-5,8-12,15,22,28,30-31H,1-2,6-7,13-14,16-17H2,(H,29,32). The lowest BCUT2D eigenvalue weighted by Crippen LogP contribution is -2.26. The first-order valence-corrected chi connectivity index (χ1v) is 11.1. The molecule has 4 N–H and O–H groups in total. The van der Waals surface area contributed by atoms with Crippen LogP contribution >= 0.6 is 0 Å². The molecule has 0 amide bonds. The lowest BCUT2D eigenvalue weighted by atomic mass is 10.1. The number of aromatic hydroxyl groups is 1. The van der Waals surface area contributed by atoms with Crippen molar-refractivity contribution in [1.29, 1.82) is 0 Å². The van der Waals surface area contributed by atoms with Crippen molar-refractivity contribution in [3.63, 3.8) is 0 Å². The van der Waals surface area contributed by atoms with Gasteiger partial charge in [-0.2, -0.15) is 8.78 Å². The number of rotatable bonds is 13. The first-order chi connectivity index (χ1) is 15.9. The van der Waals surface area contributed by atoms with Gasteiger partial charge in [-0.1, -0.05) is 55.3 Å². The Labute approximate surface area is 191 Å². The summed E-state index contributed by atoms with van der Waals surface area (Å²) < 4.78 is 33.1. The van der Waals surface area contributed by atoms with Gasteiger partial charge >= 0.3 is 0 Å².